The van der Waals surface area contributed by atoms with Gasteiger partial charge in [0.15, 0.2) is 0 Å². The molecule has 0 spiro atoms. The number of carbonyl (C=O) groups excluding carboxylic acids is 1. The van der Waals surface area contributed by atoms with Gasteiger partial charge in [0.2, 0.25) is 5.91 Å². The van der Waals surface area contributed by atoms with Crippen LogP contribution >= 0.6 is 0 Å². The second-order valence-electron chi connectivity index (χ2n) is 5.22. The summed E-state index contributed by atoms with van der Waals surface area (Å²) in [7, 11) is 1.64. The highest BCUT2D eigenvalue weighted by Crippen LogP contribution is 2.12. The smallest absolute Gasteiger partial charge is 0.234 e. The van der Waals surface area contributed by atoms with Crippen LogP contribution in [0.3, 0.4) is 0 Å². The van der Waals surface area contributed by atoms with E-state index in [1.807, 2.05) is 24.3 Å². The maximum atomic E-state index is 11.9. The van der Waals surface area contributed by atoms with Crippen molar-refractivity contribution in [1.29, 1.82) is 0 Å². The molecule has 0 saturated carbocycles. The summed E-state index contributed by atoms with van der Waals surface area (Å²) in [6, 6.07) is 8.20. The summed E-state index contributed by atoms with van der Waals surface area (Å²) in [4.78, 5) is 14.1. The second kappa shape index (κ2) is 7.26. The molecule has 1 fully saturated rings. The number of hydrogen-bond acceptors (Lipinski definition) is 4. The number of amides is 1. The van der Waals surface area contributed by atoms with Gasteiger partial charge in [0.05, 0.1) is 13.7 Å². The average Bonchev–Trinajstić information content (AvgIpc) is 2.45. The molecule has 110 valence electrons. The third-order valence-electron chi connectivity index (χ3n) is 3.44. The zero-order valence-electron chi connectivity index (χ0n) is 12.2. The summed E-state index contributed by atoms with van der Waals surface area (Å²) >= 11 is 0. The van der Waals surface area contributed by atoms with E-state index in [0.717, 1.165) is 30.9 Å². The van der Waals surface area contributed by atoms with Crippen LogP contribution in [0.4, 0.5) is 0 Å². The van der Waals surface area contributed by atoms with E-state index >= 15 is 0 Å². The number of hydrogen-bond donors (Lipinski definition) is 2. The van der Waals surface area contributed by atoms with Crippen LogP contribution in [0.25, 0.3) is 0 Å². The fraction of sp³-hybridized carbons (Fsp3) is 0.533. The van der Waals surface area contributed by atoms with E-state index in [2.05, 4.69) is 22.5 Å². The lowest BCUT2D eigenvalue weighted by Crippen LogP contribution is -2.51. The summed E-state index contributed by atoms with van der Waals surface area (Å²) < 4.78 is 5.17. The normalized spacial score (nSPS) is 19.6. The van der Waals surface area contributed by atoms with Crippen LogP contribution < -0.4 is 15.4 Å². The molecule has 5 nitrogen and oxygen atoms in total. The van der Waals surface area contributed by atoms with Crippen LogP contribution in [0.15, 0.2) is 24.3 Å². The summed E-state index contributed by atoms with van der Waals surface area (Å²) in [5, 5.41) is 6.32. The van der Waals surface area contributed by atoms with E-state index in [1.54, 1.807) is 7.11 Å². The Bertz CT molecular complexity index is 450. The van der Waals surface area contributed by atoms with E-state index in [1.165, 1.54) is 0 Å². The van der Waals surface area contributed by atoms with Crippen molar-refractivity contribution in [3.05, 3.63) is 29.8 Å². The fourth-order valence-corrected chi connectivity index (χ4v) is 2.40. The van der Waals surface area contributed by atoms with E-state index < -0.39 is 0 Å². The predicted molar refractivity (Wildman–Crippen MR) is 78.7 cm³/mol. The van der Waals surface area contributed by atoms with Crippen molar-refractivity contribution in [2.75, 3.05) is 33.3 Å². The molecule has 1 atom stereocenters. The maximum absolute atomic E-state index is 11.9. The molecular weight excluding hydrogens is 254 g/mol. The maximum Gasteiger partial charge on any atom is 0.234 e. The van der Waals surface area contributed by atoms with Gasteiger partial charge in [-0.1, -0.05) is 12.1 Å². The zero-order valence-corrected chi connectivity index (χ0v) is 12.2. The molecule has 2 N–H and O–H groups in total. The van der Waals surface area contributed by atoms with Gasteiger partial charge in [-0.25, -0.2) is 0 Å². The SMILES string of the molecule is COc1cccc(CNC(=O)CN2CCNC(C)C2)c1. The lowest BCUT2D eigenvalue weighted by molar-refractivity contribution is -0.122. The molecule has 1 aromatic rings. The molecule has 1 aliphatic heterocycles. The Morgan fingerprint density at radius 1 is 1.55 bits per heavy atom. The van der Waals surface area contributed by atoms with Gasteiger partial charge in [0.25, 0.3) is 0 Å². The van der Waals surface area contributed by atoms with Gasteiger partial charge >= 0.3 is 0 Å². The van der Waals surface area contributed by atoms with Gasteiger partial charge in [-0.2, -0.15) is 0 Å². The Balaban J connectivity index is 1.76. The van der Waals surface area contributed by atoms with Gasteiger partial charge in [-0.3, -0.25) is 9.69 Å². The molecule has 0 aliphatic carbocycles. The highest BCUT2D eigenvalue weighted by Gasteiger charge is 2.17. The Morgan fingerprint density at radius 3 is 3.15 bits per heavy atom. The largest absolute Gasteiger partial charge is 0.497 e. The van der Waals surface area contributed by atoms with Crippen LogP contribution in [0, 0.1) is 0 Å². The van der Waals surface area contributed by atoms with Crippen LogP contribution in [0.1, 0.15) is 12.5 Å². The van der Waals surface area contributed by atoms with E-state index in [-0.39, 0.29) is 5.91 Å². The molecule has 1 heterocycles. The number of piperazine rings is 1. The van der Waals surface area contributed by atoms with Gasteiger partial charge in [0.1, 0.15) is 5.75 Å². The Labute approximate surface area is 120 Å². The van der Waals surface area contributed by atoms with E-state index in [0.29, 0.717) is 19.1 Å². The highest BCUT2D eigenvalue weighted by atomic mass is 16.5. The van der Waals surface area contributed by atoms with Gasteiger partial charge in [-0.05, 0) is 24.6 Å². The van der Waals surface area contributed by atoms with Crippen molar-refractivity contribution < 1.29 is 9.53 Å². The zero-order chi connectivity index (χ0) is 14.4. The number of ether oxygens (including phenoxy) is 1. The standard InChI is InChI=1S/C15H23N3O2/c1-12-10-18(7-6-16-12)11-15(19)17-9-13-4-3-5-14(8-13)20-2/h3-5,8,12,16H,6-7,9-11H2,1-2H3,(H,17,19). The summed E-state index contributed by atoms with van der Waals surface area (Å²) in [5.41, 5.74) is 1.05. The number of nitrogens with one attached hydrogen (secondary N) is 2. The van der Waals surface area contributed by atoms with Gasteiger partial charge in [0, 0.05) is 32.2 Å². The van der Waals surface area contributed by atoms with Crippen LogP contribution in [-0.4, -0.2) is 50.1 Å². The molecular formula is C15H23N3O2. The van der Waals surface area contributed by atoms with Crippen molar-refractivity contribution in [3.8, 4) is 5.75 Å². The molecule has 0 radical (unpaired) electrons. The number of carbonyl (C=O) groups is 1. The Morgan fingerprint density at radius 2 is 2.40 bits per heavy atom. The third-order valence-corrected chi connectivity index (χ3v) is 3.44. The summed E-state index contributed by atoms with van der Waals surface area (Å²) in [6.07, 6.45) is 0. The van der Waals surface area contributed by atoms with Gasteiger partial charge in [-0.15, -0.1) is 0 Å². The first-order valence-corrected chi connectivity index (χ1v) is 7.03. The Kier molecular flexibility index (Phi) is 5.38. The molecule has 2 rings (SSSR count). The highest BCUT2D eigenvalue weighted by molar-refractivity contribution is 5.78. The first-order valence-electron chi connectivity index (χ1n) is 7.03. The van der Waals surface area contributed by atoms with Crippen LogP contribution in [0.2, 0.25) is 0 Å². The van der Waals surface area contributed by atoms with Crippen molar-refractivity contribution in [1.82, 2.24) is 15.5 Å². The molecule has 1 aromatic carbocycles. The topological polar surface area (TPSA) is 53.6 Å². The van der Waals surface area contributed by atoms with Crippen LogP contribution in [0.5, 0.6) is 5.75 Å². The molecule has 1 amide bonds. The third kappa shape index (κ3) is 4.51. The number of rotatable bonds is 5. The minimum Gasteiger partial charge on any atom is -0.497 e. The summed E-state index contributed by atoms with van der Waals surface area (Å²) in [6.45, 7) is 5.95. The molecule has 1 saturated heterocycles. The predicted octanol–water partition coefficient (Wildman–Crippen LogP) is 0.605. The minimum atomic E-state index is 0.0712. The first kappa shape index (κ1) is 14.8. The molecule has 0 bridgehead atoms. The molecule has 1 aliphatic rings. The first-order chi connectivity index (χ1) is 9.67. The summed E-state index contributed by atoms with van der Waals surface area (Å²) in [5.74, 6) is 0.884. The van der Waals surface area contributed by atoms with E-state index in [9.17, 15) is 4.79 Å². The van der Waals surface area contributed by atoms with Crippen molar-refractivity contribution >= 4 is 5.91 Å². The van der Waals surface area contributed by atoms with Crippen LogP contribution in [-0.2, 0) is 11.3 Å². The molecule has 0 aromatic heterocycles. The quantitative estimate of drug-likeness (QED) is 0.828. The lowest BCUT2D eigenvalue weighted by atomic mass is 10.2. The van der Waals surface area contributed by atoms with Crippen molar-refractivity contribution in [2.24, 2.45) is 0 Å². The molecule has 1 unspecified atom stereocenters. The molecule has 20 heavy (non-hydrogen) atoms. The van der Waals surface area contributed by atoms with Crippen molar-refractivity contribution in [3.63, 3.8) is 0 Å². The second-order valence-corrected chi connectivity index (χ2v) is 5.22. The Hall–Kier alpha value is -1.59. The molecule has 5 heteroatoms. The lowest BCUT2D eigenvalue weighted by Gasteiger charge is -2.31. The number of benzene rings is 1. The van der Waals surface area contributed by atoms with Gasteiger partial charge < -0.3 is 15.4 Å². The average molecular weight is 277 g/mol. The van der Waals surface area contributed by atoms with Crippen molar-refractivity contribution in [2.45, 2.75) is 19.5 Å². The number of nitrogens with zero attached hydrogens (tertiary/aromatic N) is 1. The minimum absolute atomic E-state index is 0.0712. The fourth-order valence-electron chi connectivity index (χ4n) is 2.40. The monoisotopic (exact) mass is 277 g/mol. The van der Waals surface area contributed by atoms with E-state index in [4.69, 9.17) is 4.74 Å². The number of methoxy groups -OCH3 is 1.